The lowest BCUT2D eigenvalue weighted by molar-refractivity contribution is 0.137. The van der Waals surface area contributed by atoms with Gasteiger partial charge in [0.25, 0.3) is 5.56 Å². The molecule has 2 unspecified atom stereocenters. The largest absolute Gasteiger partial charge is 0.392 e. The third-order valence-corrected chi connectivity index (χ3v) is 4.48. The summed E-state index contributed by atoms with van der Waals surface area (Å²) < 4.78 is 0. The molecule has 1 heterocycles. The fraction of sp³-hybridized carbons (Fsp3) is 0.692. The Hall–Kier alpha value is -0.810. The first-order valence-corrected chi connectivity index (χ1v) is 7.52. The Labute approximate surface area is 111 Å². The van der Waals surface area contributed by atoms with Gasteiger partial charge < -0.3 is 10.1 Å². The van der Waals surface area contributed by atoms with Gasteiger partial charge in [-0.1, -0.05) is 37.9 Å². The molecular weight excluding hydrogens is 248 g/mol. The molecule has 0 saturated heterocycles. The maximum absolute atomic E-state index is 11.5. The molecule has 0 aromatic carbocycles. The molecule has 18 heavy (non-hydrogen) atoms. The summed E-state index contributed by atoms with van der Waals surface area (Å²) in [6, 6.07) is 1.56. The summed E-state index contributed by atoms with van der Waals surface area (Å²) in [5.41, 5.74) is 0.746. The smallest absolute Gasteiger partial charge is 0.251 e. The Morgan fingerprint density at radius 3 is 3.00 bits per heavy atom. The van der Waals surface area contributed by atoms with E-state index in [0.29, 0.717) is 5.16 Å². The molecule has 2 atom stereocenters. The minimum absolute atomic E-state index is 0.0961. The van der Waals surface area contributed by atoms with Gasteiger partial charge in [0.15, 0.2) is 5.16 Å². The number of hydrogen-bond acceptors (Lipinski definition) is 4. The van der Waals surface area contributed by atoms with Gasteiger partial charge in [-0.2, -0.15) is 0 Å². The Morgan fingerprint density at radius 2 is 2.28 bits per heavy atom. The van der Waals surface area contributed by atoms with E-state index in [4.69, 9.17) is 0 Å². The quantitative estimate of drug-likeness (QED) is 0.821. The molecule has 1 fully saturated rings. The number of H-pyrrole nitrogens is 1. The lowest BCUT2D eigenvalue weighted by atomic mass is 9.97. The van der Waals surface area contributed by atoms with Crippen LogP contribution in [0.3, 0.4) is 0 Å². The molecule has 1 saturated carbocycles. The molecule has 2 rings (SSSR count). The maximum Gasteiger partial charge on any atom is 0.251 e. The molecule has 0 radical (unpaired) electrons. The third-order valence-electron chi connectivity index (χ3n) is 3.21. The van der Waals surface area contributed by atoms with Crippen molar-refractivity contribution in [1.82, 2.24) is 9.97 Å². The fourth-order valence-corrected chi connectivity index (χ4v) is 3.48. The molecular formula is C13H20N2O2S. The summed E-state index contributed by atoms with van der Waals surface area (Å²) in [6.45, 7) is 2.07. The van der Waals surface area contributed by atoms with Crippen molar-refractivity contribution < 1.29 is 5.11 Å². The number of aromatic amines is 1. The number of thioether (sulfide) groups is 1. The van der Waals surface area contributed by atoms with Gasteiger partial charge >= 0.3 is 0 Å². The second-order valence-corrected chi connectivity index (χ2v) is 6.03. The topological polar surface area (TPSA) is 66.0 Å². The van der Waals surface area contributed by atoms with E-state index in [9.17, 15) is 9.90 Å². The van der Waals surface area contributed by atoms with Gasteiger partial charge in [-0.15, -0.1) is 0 Å². The van der Waals surface area contributed by atoms with Crippen LogP contribution in [0.15, 0.2) is 16.0 Å². The number of aliphatic hydroxyl groups excluding tert-OH is 1. The number of hydrogen-bond donors (Lipinski definition) is 2. The third kappa shape index (κ3) is 3.59. The number of nitrogens with one attached hydrogen (secondary N) is 1. The number of rotatable bonds is 4. The van der Waals surface area contributed by atoms with Crippen molar-refractivity contribution in [1.29, 1.82) is 0 Å². The average Bonchev–Trinajstić information content (AvgIpc) is 2.32. The van der Waals surface area contributed by atoms with Gasteiger partial charge in [-0.25, -0.2) is 4.98 Å². The van der Waals surface area contributed by atoms with Crippen molar-refractivity contribution in [3.8, 4) is 0 Å². The summed E-state index contributed by atoms with van der Waals surface area (Å²) in [4.78, 5) is 18.7. The molecule has 4 nitrogen and oxygen atoms in total. The van der Waals surface area contributed by atoms with Crippen LogP contribution in [0.5, 0.6) is 0 Å². The highest BCUT2D eigenvalue weighted by Crippen LogP contribution is 2.31. The zero-order chi connectivity index (χ0) is 13.0. The number of aryl methyl sites for hydroxylation is 1. The van der Waals surface area contributed by atoms with E-state index < -0.39 is 0 Å². The first-order chi connectivity index (χ1) is 8.69. The van der Waals surface area contributed by atoms with Crippen molar-refractivity contribution in [2.24, 2.45) is 0 Å². The molecule has 0 aliphatic heterocycles. The molecule has 2 N–H and O–H groups in total. The van der Waals surface area contributed by atoms with Crippen LogP contribution in [0.1, 0.15) is 44.7 Å². The normalized spacial score (nSPS) is 24.1. The average molecular weight is 268 g/mol. The van der Waals surface area contributed by atoms with E-state index in [1.807, 2.05) is 0 Å². The number of aliphatic hydroxyl groups is 1. The Kier molecular flexibility index (Phi) is 4.83. The molecule has 100 valence electrons. The zero-order valence-electron chi connectivity index (χ0n) is 10.7. The minimum atomic E-state index is -0.274. The van der Waals surface area contributed by atoms with Gasteiger partial charge in [-0.3, -0.25) is 4.79 Å². The van der Waals surface area contributed by atoms with Gasteiger partial charge in [0.1, 0.15) is 0 Å². The van der Waals surface area contributed by atoms with Crippen molar-refractivity contribution in [2.75, 3.05) is 0 Å². The minimum Gasteiger partial charge on any atom is -0.392 e. The molecule has 1 aromatic heterocycles. The van der Waals surface area contributed by atoms with Crippen molar-refractivity contribution in [3.63, 3.8) is 0 Å². The highest BCUT2D eigenvalue weighted by molar-refractivity contribution is 7.99. The predicted molar refractivity (Wildman–Crippen MR) is 73.0 cm³/mol. The van der Waals surface area contributed by atoms with Crippen LogP contribution in [-0.4, -0.2) is 26.4 Å². The lowest BCUT2D eigenvalue weighted by Crippen LogP contribution is -2.27. The van der Waals surface area contributed by atoms with Crippen LogP contribution in [-0.2, 0) is 6.42 Å². The zero-order valence-corrected chi connectivity index (χ0v) is 11.5. The van der Waals surface area contributed by atoms with Crippen LogP contribution < -0.4 is 5.56 Å². The first-order valence-electron chi connectivity index (χ1n) is 6.64. The van der Waals surface area contributed by atoms with Gasteiger partial charge in [-0.05, 0) is 19.3 Å². The number of nitrogens with zero attached hydrogens (tertiary/aromatic N) is 1. The Morgan fingerprint density at radius 1 is 1.50 bits per heavy atom. The fourth-order valence-electron chi connectivity index (χ4n) is 2.28. The van der Waals surface area contributed by atoms with Crippen molar-refractivity contribution in [2.45, 2.75) is 62.0 Å². The molecule has 1 aliphatic carbocycles. The summed E-state index contributed by atoms with van der Waals surface area (Å²) >= 11 is 1.51. The van der Waals surface area contributed by atoms with Crippen molar-refractivity contribution >= 4 is 11.8 Å². The molecule has 1 aromatic rings. The molecule has 0 spiro atoms. The second-order valence-electron chi connectivity index (χ2n) is 4.80. The van der Waals surface area contributed by atoms with Crippen LogP contribution >= 0.6 is 11.8 Å². The standard InChI is InChI=1S/C13H20N2O2S/c1-2-5-9-8-12(17)15-13(14-9)18-11-7-4-3-6-10(11)16/h8,10-11,16H,2-7H2,1H3,(H,14,15,17). The number of aromatic nitrogens is 2. The highest BCUT2D eigenvalue weighted by Gasteiger charge is 2.24. The Balaban J connectivity index is 2.10. The van der Waals surface area contributed by atoms with Crippen LogP contribution in [0.25, 0.3) is 0 Å². The van der Waals surface area contributed by atoms with Crippen LogP contribution in [0.2, 0.25) is 0 Å². The van der Waals surface area contributed by atoms with Crippen LogP contribution in [0, 0.1) is 0 Å². The molecule has 0 bridgehead atoms. The van der Waals surface area contributed by atoms with Gasteiger partial charge in [0.05, 0.1) is 6.10 Å². The van der Waals surface area contributed by atoms with E-state index in [1.54, 1.807) is 6.07 Å². The van der Waals surface area contributed by atoms with E-state index in [0.717, 1.165) is 44.2 Å². The van der Waals surface area contributed by atoms with Crippen molar-refractivity contribution in [3.05, 3.63) is 22.1 Å². The summed E-state index contributed by atoms with van der Waals surface area (Å²) in [5.74, 6) is 0. The Bertz CT molecular complexity index is 447. The SMILES string of the molecule is CCCc1cc(=O)[nH]c(SC2CCCCC2O)n1. The summed E-state index contributed by atoms with van der Waals surface area (Å²) in [7, 11) is 0. The second kappa shape index (κ2) is 6.38. The predicted octanol–water partition coefficient (Wildman–Crippen LogP) is 2.12. The maximum atomic E-state index is 11.5. The molecule has 0 amide bonds. The van der Waals surface area contributed by atoms with Gasteiger partial charge in [0.2, 0.25) is 0 Å². The van der Waals surface area contributed by atoms with Gasteiger partial charge in [0, 0.05) is 17.0 Å². The molecule has 1 aliphatic rings. The highest BCUT2D eigenvalue weighted by atomic mass is 32.2. The summed E-state index contributed by atoms with van der Waals surface area (Å²) in [5, 5.41) is 10.7. The van der Waals surface area contributed by atoms with E-state index in [2.05, 4.69) is 16.9 Å². The van der Waals surface area contributed by atoms with E-state index in [-0.39, 0.29) is 16.9 Å². The summed E-state index contributed by atoms with van der Waals surface area (Å²) in [6.07, 6.45) is 5.62. The van der Waals surface area contributed by atoms with E-state index >= 15 is 0 Å². The monoisotopic (exact) mass is 268 g/mol. The molecule has 5 heteroatoms. The first kappa shape index (κ1) is 13.6. The van der Waals surface area contributed by atoms with Crippen LogP contribution in [0.4, 0.5) is 0 Å². The lowest BCUT2D eigenvalue weighted by Gasteiger charge is -2.26. The van der Waals surface area contributed by atoms with E-state index in [1.165, 1.54) is 11.8 Å².